The van der Waals surface area contributed by atoms with E-state index in [1.165, 1.54) is 10.9 Å². The van der Waals surface area contributed by atoms with Crippen molar-refractivity contribution in [3.8, 4) is 0 Å². The first-order valence-electron chi connectivity index (χ1n) is 8.30. The Hall–Kier alpha value is -1.22. The number of aliphatic imine (C=N–C) groups is 1. The largest absolute Gasteiger partial charge is 0.357 e. The highest BCUT2D eigenvalue weighted by atomic mass is 127. The van der Waals surface area contributed by atoms with E-state index < -0.39 is 0 Å². The molecule has 2 atom stereocenters. The summed E-state index contributed by atoms with van der Waals surface area (Å²) in [6.45, 7) is 7.48. The van der Waals surface area contributed by atoms with Crippen LogP contribution in [0.2, 0.25) is 0 Å². The Balaban J connectivity index is 0.00000225. The topological polar surface area (TPSA) is 49.3 Å². The van der Waals surface area contributed by atoms with E-state index in [4.69, 9.17) is 0 Å². The fourth-order valence-corrected chi connectivity index (χ4v) is 3.70. The third-order valence-electron chi connectivity index (χ3n) is 4.14. The van der Waals surface area contributed by atoms with Gasteiger partial charge in [0.25, 0.3) is 0 Å². The average Bonchev–Trinajstić information content (AvgIpc) is 3.22. The van der Waals surface area contributed by atoms with Crippen molar-refractivity contribution in [2.45, 2.75) is 45.7 Å². The summed E-state index contributed by atoms with van der Waals surface area (Å²) in [6, 6.07) is 7.26. The van der Waals surface area contributed by atoms with E-state index in [2.05, 4.69) is 20.6 Å². The van der Waals surface area contributed by atoms with Gasteiger partial charge in [-0.3, -0.25) is 0 Å². The molecule has 0 bridgehead atoms. The zero-order valence-corrected chi connectivity index (χ0v) is 17.8. The molecule has 3 rings (SSSR count). The maximum absolute atomic E-state index is 13.9. The number of halogens is 2. The van der Waals surface area contributed by atoms with Gasteiger partial charge in [-0.1, -0.05) is 18.2 Å². The molecule has 0 aliphatic heterocycles. The van der Waals surface area contributed by atoms with Gasteiger partial charge in [-0.25, -0.2) is 14.4 Å². The number of aromatic nitrogens is 1. The second-order valence-corrected chi connectivity index (χ2v) is 7.34. The molecule has 1 aromatic carbocycles. The van der Waals surface area contributed by atoms with Gasteiger partial charge in [0.15, 0.2) is 5.96 Å². The van der Waals surface area contributed by atoms with Crippen LogP contribution in [0.3, 0.4) is 0 Å². The Labute approximate surface area is 169 Å². The summed E-state index contributed by atoms with van der Waals surface area (Å²) in [7, 11) is 0. The Morgan fingerprint density at radius 3 is 2.76 bits per heavy atom. The number of rotatable bonds is 5. The molecule has 1 heterocycles. The second kappa shape index (κ2) is 8.93. The number of hydrogen-bond acceptors (Lipinski definition) is 3. The molecule has 2 aromatic rings. The zero-order valence-electron chi connectivity index (χ0n) is 14.7. The van der Waals surface area contributed by atoms with Crippen LogP contribution in [0.5, 0.6) is 0 Å². The van der Waals surface area contributed by atoms with Crippen molar-refractivity contribution >= 4 is 41.3 Å². The maximum Gasteiger partial charge on any atom is 0.191 e. The van der Waals surface area contributed by atoms with Gasteiger partial charge in [0.2, 0.25) is 0 Å². The van der Waals surface area contributed by atoms with E-state index in [-0.39, 0.29) is 41.8 Å². The molecule has 136 valence electrons. The number of aryl methyl sites for hydroxylation is 2. The van der Waals surface area contributed by atoms with Crippen molar-refractivity contribution in [3.05, 3.63) is 51.2 Å². The van der Waals surface area contributed by atoms with Gasteiger partial charge < -0.3 is 10.6 Å². The van der Waals surface area contributed by atoms with Crippen LogP contribution in [0.1, 0.15) is 40.4 Å². The molecular weight excluding hydrogens is 450 g/mol. The number of hydrogen-bond donors (Lipinski definition) is 2. The quantitative estimate of drug-likeness (QED) is 0.390. The Morgan fingerprint density at radius 1 is 1.36 bits per heavy atom. The normalized spacial score (nSPS) is 19.3. The van der Waals surface area contributed by atoms with Gasteiger partial charge in [0.1, 0.15) is 5.82 Å². The number of benzene rings is 1. The van der Waals surface area contributed by atoms with Crippen molar-refractivity contribution in [2.75, 3.05) is 6.54 Å². The third kappa shape index (κ3) is 5.13. The van der Waals surface area contributed by atoms with Gasteiger partial charge in [0, 0.05) is 23.4 Å². The highest BCUT2D eigenvalue weighted by molar-refractivity contribution is 14.0. The Morgan fingerprint density at radius 2 is 2.12 bits per heavy atom. The summed E-state index contributed by atoms with van der Waals surface area (Å²) >= 11 is 1.68. The van der Waals surface area contributed by atoms with E-state index >= 15 is 0 Å². The second-order valence-electron chi connectivity index (χ2n) is 6.05. The van der Waals surface area contributed by atoms with Crippen LogP contribution in [-0.2, 0) is 6.54 Å². The average molecular weight is 474 g/mol. The van der Waals surface area contributed by atoms with Crippen LogP contribution in [0.15, 0.2) is 29.3 Å². The van der Waals surface area contributed by atoms with Crippen molar-refractivity contribution < 1.29 is 4.39 Å². The molecule has 2 N–H and O–H groups in total. The molecule has 2 unspecified atom stereocenters. The van der Waals surface area contributed by atoms with Crippen LogP contribution < -0.4 is 10.6 Å². The summed E-state index contributed by atoms with van der Waals surface area (Å²) in [6.07, 6.45) is 0.935. The van der Waals surface area contributed by atoms with Gasteiger partial charge in [-0.05, 0) is 38.8 Å². The molecule has 7 heteroatoms. The van der Waals surface area contributed by atoms with Crippen LogP contribution >= 0.6 is 35.3 Å². The van der Waals surface area contributed by atoms with Crippen LogP contribution in [-0.4, -0.2) is 23.5 Å². The lowest BCUT2D eigenvalue weighted by Crippen LogP contribution is -2.39. The summed E-state index contributed by atoms with van der Waals surface area (Å²) in [5, 5.41) is 7.75. The highest BCUT2D eigenvalue weighted by Crippen LogP contribution is 2.41. The van der Waals surface area contributed by atoms with Crippen molar-refractivity contribution in [2.24, 2.45) is 4.99 Å². The fraction of sp³-hybridized carbons (Fsp3) is 0.444. The van der Waals surface area contributed by atoms with E-state index in [1.54, 1.807) is 17.4 Å². The molecule has 25 heavy (non-hydrogen) atoms. The predicted octanol–water partition coefficient (Wildman–Crippen LogP) is 4.13. The molecule has 0 spiro atoms. The standard InChI is InChI=1S/C18H23FN4S.HI/c1-4-20-18(21-10-17-11(2)22-12(3)24-17)23-16-9-14(16)13-7-5-6-8-15(13)19;/h5-8,14,16H,4,9-10H2,1-3H3,(H2,20,21,23);1H. The van der Waals surface area contributed by atoms with Crippen molar-refractivity contribution in [1.82, 2.24) is 15.6 Å². The molecular formula is C18H24FIN4S. The molecule has 1 aliphatic carbocycles. The van der Waals surface area contributed by atoms with Gasteiger partial charge in [0.05, 0.1) is 17.2 Å². The Bertz CT molecular complexity index is 746. The lowest BCUT2D eigenvalue weighted by Gasteiger charge is -2.11. The molecule has 0 saturated heterocycles. The van der Waals surface area contributed by atoms with E-state index in [0.717, 1.165) is 35.2 Å². The molecule has 1 aromatic heterocycles. The first-order valence-corrected chi connectivity index (χ1v) is 9.12. The minimum Gasteiger partial charge on any atom is -0.357 e. The van der Waals surface area contributed by atoms with Crippen molar-refractivity contribution in [1.29, 1.82) is 0 Å². The molecule has 1 fully saturated rings. The monoisotopic (exact) mass is 474 g/mol. The summed E-state index contributed by atoms with van der Waals surface area (Å²) in [5.74, 6) is 0.888. The van der Waals surface area contributed by atoms with Gasteiger partial charge in [-0.2, -0.15) is 0 Å². The molecule has 1 aliphatic rings. The van der Waals surface area contributed by atoms with Crippen LogP contribution in [0, 0.1) is 19.7 Å². The molecule has 0 radical (unpaired) electrons. The molecule has 1 saturated carbocycles. The van der Waals surface area contributed by atoms with Gasteiger partial charge in [-0.15, -0.1) is 35.3 Å². The lowest BCUT2D eigenvalue weighted by molar-refractivity contribution is 0.607. The fourth-order valence-electron chi connectivity index (χ4n) is 2.84. The van der Waals surface area contributed by atoms with Crippen LogP contribution in [0.4, 0.5) is 4.39 Å². The summed E-state index contributed by atoms with van der Waals surface area (Å²) in [5.41, 5.74) is 1.84. The van der Waals surface area contributed by atoms with E-state index in [9.17, 15) is 4.39 Å². The molecule has 0 amide bonds. The predicted molar refractivity (Wildman–Crippen MR) is 113 cm³/mol. The van der Waals surface area contributed by atoms with E-state index in [0.29, 0.717) is 6.54 Å². The van der Waals surface area contributed by atoms with Gasteiger partial charge >= 0.3 is 0 Å². The minimum atomic E-state index is -0.121. The van der Waals surface area contributed by atoms with Crippen molar-refractivity contribution in [3.63, 3.8) is 0 Å². The number of thiazole rings is 1. The zero-order chi connectivity index (χ0) is 17.1. The lowest BCUT2D eigenvalue weighted by atomic mass is 10.1. The smallest absolute Gasteiger partial charge is 0.191 e. The number of nitrogens with one attached hydrogen (secondary N) is 2. The molecule has 4 nitrogen and oxygen atoms in total. The minimum absolute atomic E-state index is 0. The first-order chi connectivity index (χ1) is 11.6. The summed E-state index contributed by atoms with van der Waals surface area (Å²) in [4.78, 5) is 10.3. The summed E-state index contributed by atoms with van der Waals surface area (Å²) < 4.78 is 13.9. The number of guanidine groups is 1. The highest BCUT2D eigenvalue weighted by Gasteiger charge is 2.40. The number of nitrogens with zero attached hydrogens (tertiary/aromatic N) is 2. The maximum atomic E-state index is 13.9. The van der Waals surface area contributed by atoms with E-state index in [1.807, 2.05) is 32.9 Å². The SMILES string of the molecule is CCNC(=NCc1sc(C)nc1C)NC1CC1c1ccccc1F.I. The first kappa shape index (κ1) is 20.1. The third-order valence-corrected chi connectivity index (χ3v) is 5.20. The van der Waals surface area contributed by atoms with Crippen LogP contribution in [0.25, 0.3) is 0 Å². The Kier molecular flexibility index (Phi) is 7.18.